The molecule has 0 aromatic heterocycles. The maximum atomic E-state index is 13.2. The molecule has 0 fully saturated rings. The molecule has 0 saturated heterocycles. The average Bonchev–Trinajstić information content (AvgIpc) is 2.25. The number of amides is 1. The second kappa shape index (κ2) is 6.04. The van der Waals surface area contributed by atoms with E-state index in [-0.39, 0.29) is 0 Å². The molecule has 0 aliphatic rings. The fourth-order valence-corrected chi connectivity index (χ4v) is 1.36. The van der Waals surface area contributed by atoms with Crippen LogP contribution in [-0.2, 0) is 0 Å². The fraction of sp³-hybridized carbons (Fsp3) is 0.364. The van der Waals surface area contributed by atoms with Gasteiger partial charge in [0.2, 0.25) is 0 Å². The van der Waals surface area contributed by atoms with Gasteiger partial charge in [0.05, 0.1) is 0 Å². The third-order valence-corrected chi connectivity index (χ3v) is 2.34. The van der Waals surface area contributed by atoms with E-state index >= 15 is 0 Å². The van der Waals surface area contributed by atoms with E-state index < -0.39 is 54.1 Å². The first kappa shape index (κ1) is 16.2. The summed E-state index contributed by atoms with van der Waals surface area (Å²) in [7, 11) is 0. The molecule has 3 N–H and O–H groups in total. The predicted octanol–water partition coefficient (Wildman–Crippen LogP) is 1.71. The van der Waals surface area contributed by atoms with Crippen molar-refractivity contribution < 1.29 is 37.0 Å². The molecule has 1 unspecified atom stereocenters. The summed E-state index contributed by atoms with van der Waals surface area (Å²) in [6.45, 7) is -0.601. The highest BCUT2D eigenvalue weighted by molar-refractivity contribution is 5.97. The molecule has 1 atom stereocenters. The summed E-state index contributed by atoms with van der Waals surface area (Å²) in [5.74, 6) is -4.65. The normalized spacial score (nSPS) is 13.1. The summed E-state index contributed by atoms with van der Waals surface area (Å²) in [5.41, 5.74) is -0.882. The second-order valence-electron chi connectivity index (χ2n) is 3.88. The smallest absolute Gasteiger partial charge is 0.414 e. The van der Waals surface area contributed by atoms with Gasteiger partial charge in [0.1, 0.15) is 22.9 Å². The molecule has 4 nitrogen and oxygen atoms in total. The molecule has 0 heterocycles. The molecule has 9 heteroatoms. The lowest BCUT2D eigenvalue weighted by molar-refractivity contribution is -0.204. The number of alkyl halides is 3. The molecule has 0 aliphatic heterocycles. The monoisotopic (exact) mass is 299 g/mol. The van der Waals surface area contributed by atoms with Gasteiger partial charge in [-0.3, -0.25) is 4.79 Å². The number of benzene rings is 1. The van der Waals surface area contributed by atoms with Crippen LogP contribution in [0.2, 0.25) is 0 Å². The van der Waals surface area contributed by atoms with E-state index in [1.165, 1.54) is 0 Å². The first-order chi connectivity index (χ1) is 9.12. The van der Waals surface area contributed by atoms with Crippen LogP contribution in [0.4, 0.5) is 22.0 Å². The molecule has 20 heavy (non-hydrogen) atoms. The Bertz CT molecular complexity index is 480. The maximum absolute atomic E-state index is 13.2. The first-order valence-electron chi connectivity index (χ1n) is 5.34. The highest BCUT2D eigenvalue weighted by Crippen LogP contribution is 2.23. The quantitative estimate of drug-likeness (QED) is 0.741. The molecular weight excluding hydrogens is 289 g/mol. The Morgan fingerprint density at radius 2 is 1.90 bits per heavy atom. The topological polar surface area (TPSA) is 69.6 Å². The van der Waals surface area contributed by atoms with Gasteiger partial charge in [0.15, 0.2) is 6.10 Å². The van der Waals surface area contributed by atoms with Crippen molar-refractivity contribution in [2.45, 2.75) is 18.7 Å². The highest BCUT2D eigenvalue weighted by atomic mass is 19.4. The Morgan fingerprint density at radius 3 is 2.40 bits per heavy atom. The average molecular weight is 299 g/mol. The number of hydrogen-bond donors (Lipinski definition) is 3. The van der Waals surface area contributed by atoms with Crippen LogP contribution in [0.3, 0.4) is 0 Å². The lowest BCUT2D eigenvalue weighted by Gasteiger charge is -2.14. The Kier molecular flexibility index (Phi) is 4.88. The molecule has 1 aromatic rings. The summed E-state index contributed by atoms with van der Waals surface area (Å²) < 4.78 is 61.8. The number of hydrogen-bond acceptors (Lipinski definition) is 3. The molecule has 1 aromatic carbocycles. The van der Waals surface area contributed by atoms with E-state index in [1.54, 1.807) is 0 Å². The standard InChI is InChI=1S/C11H10F5NO3/c12-5-3-6(13)9(7(18)4-5)10(20)17-2-1-8(19)11(14,15)16/h3-4,8,18-19H,1-2H2,(H,17,20). The van der Waals surface area contributed by atoms with Crippen LogP contribution in [0, 0.1) is 11.6 Å². The number of nitrogens with one attached hydrogen (secondary N) is 1. The lowest BCUT2D eigenvalue weighted by atomic mass is 10.1. The summed E-state index contributed by atoms with van der Waals surface area (Å²) in [6.07, 6.45) is -8.29. The number of halogens is 5. The van der Waals surface area contributed by atoms with Crippen molar-refractivity contribution in [2.75, 3.05) is 6.54 Å². The van der Waals surface area contributed by atoms with Gasteiger partial charge in [-0.25, -0.2) is 8.78 Å². The predicted molar refractivity (Wildman–Crippen MR) is 57.0 cm³/mol. The highest BCUT2D eigenvalue weighted by Gasteiger charge is 2.37. The van der Waals surface area contributed by atoms with E-state index in [9.17, 15) is 31.9 Å². The minimum atomic E-state index is -4.83. The van der Waals surface area contributed by atoms with Crippen LogP contribution in [0.25, 0.3) is 0 Å². The van der Waals surface area contributed by atoms with Crippen molar-refractivity contribution in [3.8, 4) is 5.75 Å². The van der Waals surface area contributed by atoms with Crippen LogP contribution in [0.5, 0.6) is 5.75 Å². The van der Waals surface area contributed by atoms with Crippen molar-refractivity contribution in [2.24, 2.45) is 0 Å². The summed E-state index contributed by atoms with van der Waals surface area (Å²) in [5, 5.41) is 19.8. The van der Waals surface area contributed by atoms with Gasteiger partial charge in [-0.2, -0.15) is 13.2 Å². The molecule has 1 amide bonds. The number of rotatable bonds is 4. The minimum absolute atomic E-state index is 0.346. The van der Waals surface area contributed by atoms with Crippen molar-refractivity contribution in [1.82, 2.24) is 5.32 Å². The van der Waals surface area contributed by atoms with Crippen molar-refractivity contribution in [3.05, 3.63) is 29.3 Å². The lowest BCUT2D eigenvalue weighted by Crippen LogP contribution is -2.34. The molecular formula is C11H10F5NO3. The van der Waals surface area contributed by atoms with Crippen molar-refractivity contribution >= 4 is 5.91 Å². The molecule has 0 saturated carbocycles. The zero-order valence-corrected chi connectivity index (χ0v) is 9.84. The van der Waals surface area contributed by atoms with Crippen LogP contribution < -0.4 is 5.32 Å². The molecule has 112 valence electrons. The molecule has 0 aliphatic carbocycles. The number of carbonyl (C=O) groups is 1. The zero-order valence-electron chi connectivity index (χ0n) is 9.84. The van der Waals surface area contributed by atoms with E-state index in [0.29, 0.717) is 12.1 Å². The van der Waals surface area contributed by atoms with E-state index in [2.05, 4.69) is 0 Å². The number of phenolic OH excluding ortho intramolecular Hbond substituents is 1. The third-order valence-electron chi connectivity index (χ3n) is 2.34. The third kappa shape index (κ3) is 4.05. The number of aliphatic hydroxyl groups excluding tert-OH is 1. The second-order valence-corrected chi connectivity index (χ2v) is 3.88. The summed E-state index contributed by atoms with van der Waals surface area (Å²) in [4.78, 5) is 11.4. The van der Waals surface area contributed by atoms with E-state index in [1.807, 2.05) is 5.32 Å². The van der Waals surface area contributed by atoms with Crippen molar-refractivity contribution in [1.29, 1.82) is 0 Å². The van der Waals surface area contributed by atoms with Crippen LogP contribution in [0.15, 0.2) is 12.1 Å². The number of phenols is 1. The largest absolute Gasteiger partial charge is 0.507 e. The van der Waals surface area contributed by atoms with Gasteiger partial charge in [-0.05, 0) is 6.42 Å². The van der Waals surface area contributed by atoms with Gasteiger partial charge >= 0.3 is 6.18 Å². The van der Waals surface area contributed by atoms with Crippen LogP contribution >= 0.6 is 0 Å². The number of aromatic hydroxyl groups is 1. The Morgan fingerprint density at radius 1 is 1.30 bits per heavy atom. The summed E-state index contributed by atoms with van der Waals surface area (Å²) in [6, 6.07) is 0.835. The zero-order chi connectivity index (χ0) is 15.5. The van der Waals surface area contributed by atoms with E-state index in [4.69, 9.17) is 5.11 Å². The Balaban J connectivity index is 2.65. The Labute approximate surface area is 109 Å². The number of carbonyl (C=O) groups excluding carboxylic acids is 1. The minimum Gasteiger partial charge on any atom is -0.507 e. The fourth-order valence-electron chi connectivity index (χ4n) is 1.36. The first-order valence-corrected chi connectivity index (χ1v) is 5.34. The van der Waals surface area contributed by atoms with Gasteiger partial charge in [-0.15, -0.1) is 0 Å². The van der Waals surface area contributed by atoms with Gasteiger partial charge in [0, 0.05) is 18.7 Å². The maximum Gasteiger partial charge on any atom is 0.414 e. The van der Waals surface area contributed by atoms with Gasteiger partial charge < -0.3 is 15.5 Å². The number of aliphatic hydroxyl groups is 1. The van der Waals surface area contributed by atoms with Crippen LogP contribution in [0.1, 0.15) is 16.8 Å². The molecule has 0 bridgehead atoms. The van der Waals surface area contributed by atoms with Crippen LogP contribution in [-0.4, -0.2) is 34.9 Å². The Hall–Kier alpha value is -1.90. The molecule has 0 spiro atoms. The van der Waals surface area contributed by atoms with Gasteiger partial charge in [0.25, 0.3) is 5.91 Å². The van der Waals surface area contributed by atoms with Crippen molar-refractivity contribution in [3.63, 3.8) is 0 Å². The summed E-state index contributed by atoms with van der Waals surface area (Å²) >= 11 is 0. The van der Waals surface area contributed by atoms with Gasteiger partial charge in [-0.1, -0.05) is 0 Å². The van der Waals surface area contributed by atoms with E-state index in [0.717, 1.165) is 0 Å². The SMILES string of the molecule is O=C(NCCC(O)C(F)(F)F)c1c(O)cc(F)cc1F. The molecule has 1 rings (SSSR count). The molecule has 0 radical (unpaired) electrons.